The summed E-state index contributed by atoms with van der Waals surface area (Å²) in [4.78, 5) is 12.7. The molecule has 1 aliphatic carbocycles. The Morgan fingerprint density at radius 3 is 2.35 bits per heavy atom. The van der Waals surface area contributed by atoms with Crippen molar-refractivity contribution >= 4 is 5.78 Å². The topological polar surface area (TPSA) is 35.5 Å². The molecule has 0 N–H and O–H groups in total. The number of ether oxygens (including phenoxy) is 2. The Kier molecular flexibility index (Phi) is 3.90. The standard InChI is InChI=1S/C17H22O3/c1-19-17(9-11-20-12-10-17)16(18)15-7-5-14(6-8-15)13-3-2-4-13/h5-8,13H,2-4,9-12H2,1H3. The predicted molar refractivity (Wildman–Crippen MR) is 77.2 cm³/mol. The fraction of sp³-hybridized carbons (Fsp3) is 0.588. The zero-order valence-electron chi connectivity index (χ0n) is 12.1. The molecule has 0 atom stereocenters. The van der Waals surface area contributed by atoms with Gasteiger partial charge in [-0.15, -0.1) is 0 Å². The molecular formula is C17H22O3. The van der Waals surface area contributed by atoms with Gasteiger partial charge in [-0.25, -0.2) is 0 Å². The van der Waals surface area contributed by atoms with Gasteiger partial charge in [0.05, 0.1) is 0 Å². The summed E-state index contributed by atoms with van der Waals surface area (Å²) >= 11 is 0. The van der Waals surface area contributed by atoms with Crippen molar-refractivity contribution in [2.45, 2.75) is 43.6 Å². The number of carbonyl (C=O) groups is 1. The smallest absolute Gasteiger partial charge is 0.194 e. The van der Waals surface area contributed by atoms with Crippen LogP contribution in [0.25, 0.3) is 0 Å². The van der Waals surface area contributed by atoms with Gasteiger partial charge in [-0.2, -0.15) is 0 Å². The van der Waals surface area contributed by atoms with Crippen LogP contribution < -0.4 is 0 Å². The maximum absolute atomic E-state index is 12.7. The molecule has 0 spiro atoms. The second kappa shape index (κ2) is 5.66. The molecule has 1 heterocycles. The summed E-state index contributed by atoms with van der Waals surface area (Å²) in [5.74, 6) is 0.807. The predicted octanol–water partition coefficient (Wildman–Crippen LogP) is 3.33. The Hall–Kier alpha value is -1.19. The van der Waals surface area contributed by atoms with Crippen molar-refractivity contribution in [3.63, 3.8) is 0 Å². The van der Waals surface area contributed by atoms with Crippen LogP contribution in [0.4, 0.5) is 0 Å². The first-order valence-electron chi connectivity index (χ1n) is 7.53. The summed E-state index contributed by atoms with van der Waals surface area (Å²) in [6, 6.07) is 8.15. The van der Waals surface area contributed by atoms with E-state index in [2.05, 4.69) is 12.1 Å². The van der Waals surface area contributed by atoms with E-state index >= 15 is 0 Å². The fourth-order valence-electron chi connectivity index (χ4n) is 3.14. The van der Waals surface area contributed by atoms with Gasteiger partial charge in [0.2, 0.25) is 0 Å². The van der Waals surface area contributed by atoms with Crippen LogP contribution in [-0.2, 0) is 9.47 Å². The Morgan fingerprint density at radius 2 is 1.85 bits per heavy atom. The molecule has 2 fully saturated rings. The van der Waals surface area contributed by atoms with Gasteiger partial charge in [0.15, 0.2) is 5.78 Å². The second-order valence-corrected chi connectivity index (χ2v) is 5.89. The summed E-state index contributed by atoms with van der Waals surface area (Å²) in [5, 5.41) is 0. The molecule has 1 saturated heterocycles. The van der Waals surface area contributed by atoms with E-state index in [1.807, 2.05) is 12.1 Å². The Labute approximate surface area is 120 Å². The Morgan fingerprint density at radius 1 is 1.20 bits per heavy atom. The molecule has 1 aliphatic heterocycles. The number of benzene rings is 1. The Bertz CT molecular complexity index is 468. The molecule has 2 aliphatic rings. The van der Waals surface area contributed by atoms with Gasteiger partial charge in [-0.05, 0) is 24.3 Å². The molecule has 1 aromatic rings. The van der Waals surface area contributed by atoms with Crippen molar-refractivity contribution in [3.05, 3.63) is 35.4 Å². The van der Waals surface area contributed by atoms with Gasteiger partial charge in [0, 0.05) is 38.7 Å². The lowest BCUT2D eigenvalue weighted by molar-refractivity contribution is -0.0663. The number of hydrogen-bond acceptors (Lipinski definition) is 3. The minimum absolute atomic E-state index is 0.100. The van der Waals surface area contributed by atoms with Crippen LogP contribution >= 0.6 is 0 Å². The summed E-state index contributed by atoms with van der Waals surface area (Å²) in [6.45, 7) is 1.19. The minimum atomic E-state index is -0.684. The molecule has 3 nitrogen and oxygen atoms in total. The van der Waals surface area contributed by atoms with Crippen molar-refractivity contribution in [2.24, 2.45) is 0 Å². The van der Waals surface area contributed by atoms with Crippen molar-refractivity contribution in [1.82, 2.24) is 0 Å². The molecule has 108 valence electrons. The van der Waals surface area contributed by atoms with Crippen LogP contribution in [0.1, 0.15) is 53.9 Å². The number of rotatable bonds is 4. The minimum Gasteiger partial charge on any atom is -0.381 e. The van der Waals surface area contributed by atoms with E-state index < -0.39 is 5.60 Å². The molecular weight excluding hydrogens is 252 g/mol. The van der Waals surface area contributed by atoms with Crippen LogP contribution in [-0.4, -0.2) is 31.7 Å². The van der Waals surface area contributed by atoms with Crippen LogP contribution in [0.3, 0.4) is 0 Å². The van der Waals surface area contributed by atoms with E-state index in [1.54, 1.807) is 7.11 Å². The third-order valence-electron chi connectivity index (χ3n) is 4.85. The van der Waals surface area contributed by atoms with E-state index in [1.165, 1.54) is 24.8 Å². The molecule has 0 bridgehead atoms. The highest BCUT2D eigenvalue weighted by molar-refractivity contribution is 6.02. The van der Waals surface area contributed by atoms with Crippen molar-refractivity contribution in [1.29, 1.82) is 0 Å². The summed E-state index contributed by atoms with van der Waals surface area (Å²) in [7, 11) is 1.63. The van der Waals surface area contributed by atoms with Gasteiger partial charge in [-0.1, -0.05) is 30.7 Å². The molecule has 1 aromatic carbocycles. The molecule has 1 saturated carbocycles. The Balaban J connectivity index is 1.78. The lowest BCUT2D eigenvalue weighted by Gasteiger charge is -2.34. The summed E-state index contributed by atoms with van der Waals surface area (Å²) < 4.78 is 10.9. The maximum Gasteiger partial charge on any atom is 0.194 e. The van der Waals surface area contributed by atoms with Gasteiger partial charge in [-0.3, -0.25) is 4.79 Å². The molecule has 0 amide bonds. The van der Waals surface area contributed by atoms with E-state index in [4.69, 9.17) is 9.47 Å². The fourth-order valence-corrected chi connectivity index (χ4v) is 3.14. The third kappa shape index (κ3) is 2.40. The van der Waals surface area contributed by atoms with E-state index in [0.29, 0.717) is 32.0 Å². The highest BCUT2D eigenvalue weighted by Gasteiger charge is 2.40. The number of Topliss-reactive ketones (excluding diaryl/α,β-unsaturated/α-hetero) is 1. The highest BCUT2D eigenvalue weighted by atomic mass is 16.5. The van der Waals surface area contributed by atoms with Gasteiger partial charge >= 0.3 is 0 Å². The van der Waals surface area contributed by atoms with Crippen LogP contribution in [0.15, 0.2) is 24.3 Å². The van der Waals surface area contributed by atoms with Crippen molar-refractivity contribution in [2.75, 3.05) is 20.3 Å². The number of methoxy groups -OCH3 is 1. The van der Waals surface area contributed by atoms with E-state index in [-0.39, 0.29) is 5.78 Å². The van der Waals surface area contributed by atoms with Gasteiger partial charge in [0.25, 0.3) is 0 Å². The summed E-state index contributed by atoms with van der Waals surface area (Å²) in [6.07, 6.45) is 5.19. The van der Waals surface area contributed by atoms with Crippen LogP contribution in [0.5, 0.6) is 0 Å². The molecule has 0 unspecified atom stereocenters. The van der Waals surface area contributed by atoms with E-state index in [9.17, 15) is 4.79 Å². The number of hydrogen-bond donors (Lipinski definition) is 0. The van der Waals surface area contributed by atoms with Crippen LogP contribution in [0.2, 0.25) is 0 Å². The van der Waals surface area contributed by atoms with Crippen molar-refractivity contribution in [3.8, 4) is 0 Å². The second-order valence-electron chi connectivity index (χ2n) is 5.89. The number of carbonyl (C=O) groups excluding carboxylic acids is 1. The molecule has 3 heteroatoms. The largest absolute Gasteiger partial charge is 0.381 e. The summed E-state index contributed by atoms with van der Waals surface area (Å²) in [5.41, 5.74) is 1.44. The number of ketones is 1. The monoisotopic (exact) mass is 274 g/mol. The lowest BCUT2D eigenvalue weighted by Crippen LogP contribution is -2.45. The van der Waals surface area contributed by atoms with E-state index in [0.717, 1.165) is 5.56 Å². The quantitative estimate of drug-likeness (QED) is 0.790. The molecule has 20 heavy (non-hydrogen) atoms. The maximum atomic E-state index is 12.7. The SMILES string of the molecule is COC1(C(=O)c2ccc(C3CCC3)cc2)CCOCC1. The first-order valence-corrected chi connectivity index (χ1v) is 7.53. The third-order valence-corrected chi connectivity index (χ3v) is 4.85. The van der Waals surface area contributed by atoms with Gasteiger partial charge < -0.3 is 9.47 Å². The molecule has 3 rings (SSSR count). The van der Waals surface area contributed by atoms with Crippen LogP contribution in [0, 0.1) is 0 Å². The van der Waals surface area contributed by atoms with Crippen molar-refractivity contribution < 1.29 is 14.3 Å². The highest BCUT2D eigenvalue weighted by Crippen LogP contribution is 2.36. The lowest BCUT2D eigenvalue weighted by atomic mass is 9.79. The average molecular weight is 274 g/mol. The normalized spacial score (nSPS) is 22.2. The first kappa shape index (κ1) is 13.8. The average Bonchev–Trinajstić information content (AvgIpc) is 2.46. The van der Waals surface area contributed by atoms with Gasteiger partial charge in [0.1, 0.15) is 5.60 Å². The molecule has 0 radical (unpaired) electrons. The molecule has 0 aromatic heterocycles. The zero-order chi connectivity index (χ0) is 14.0. The zero-order valence-corrected chi connectivity index (χ0v) is 12.1. The first-order chi connectivity index (χ1) is 9.75.